The number of urea groups is 1. The van der Waals surface area contributed by atoms with Crippen molar-refractivity contribution in [2.45, 2.75) is 19.5 Å². The molecule has 6 nitrogen and oxygen atoms in total. The quantitative estimate of drug-likeness (QED) is 0.680. The summed E-state index contributed by atoms with van der Waals surface area (Å²) in [5.41, 5.74) is 2.83. The summed E-state index contributed by atoms with van der Waals surface area (Å²) in [6.45, 7) is 3.07. The van der Waals surface area contributed by atoms with E-state index in [0.717, 1.165) is 11.1 Å². The fourth-order valence-electron chi connectivity index (χ4n) is 3.32. The van der Waals surface area contributed by atoms with E-state index >= 15 is 0 Å². The smallest absolute Gasteiger partial charge is 0.338 e. The minimum Gasteiger partial charge on any atom is -0.463 e. The highest BCUT2D eigenvalue weighted by molar-refractivity contribution is 6.30. The van der Waals surface area contributed by atoms with Gasteiger partial charge in [-0.2, -0.15) is 0 Å². The molecule has 152 valence electrons. The molecule has 0 saturated carbocycles. The second-order valence-electron chi connectivity index (χ2n) is 6.85. The highest BCUT2D eigenvalue weighted by Gasteiger charge is 2.34. The first-order valence-corrected chi connectivity index (χ1v) is 9.81. The number of amides is 2. The van der Waals surface area contributed by atoms with Gasteiger partial charge in [0.15, 0.2) is 0 Å². The lowest BCUT2D eigenvalue weighted by Crippen LogP contribution is -2.48. The van der Waals surface area contributed by atoms with Gasteiger partial charge < -0.3 is 15.4 Å². The van der Waals surface area contributed by atoms with E-state index < -0.39 is 12.0 Å². The van der Waals surface area contributed by atoms with Crippen molar-refractivity contribution in [1.29, 1.82) is 0 Å². The van der Waals surface area contributed by atoms with Crippen LogP contribution >= 0.6 is 11.6 Å². The number of nitrogens with zero attached hydrogens (tertiary/aromatic N) is 1. The average Bonchev–Trinajstić information content (AvgIpc) is 2.69. The highest BCUT2D eigenvalue weighted by Crippen LogP contribution is 2.29. The maximum Gasteiger partial charge on any atom is 0.338 e. The number of halogens is 1. The molecule has 29 heavy (non-hydrogen) atoms. The van der Waals surface area contributed by atoms with Crippen molar-refractivity contribution >= 4 is 23.6 Å². The predicted molar refractivity (Wildman–Crippen MR) is 112 cm³/mol. The molecule has 1 heterocycles. The van der Waals surface area contributed by atoms with Gasteiger partial charge in [-0.3, -0.25) is 4.90 Å². The number of carbonyl (C=O) groups excluding carboxylic acids is 2. The Morgan fingerprint density at radius 1 is 1.10 bits per heavy atom. The van der Waals surface area contributed by atoms with Crippen LogP contribution in [0.15, 0.2) is 65.9 Å². The van der Waals surface area contributed by atoms with E-state index in [9.17, 15) is 9.59 Å². The van der Waals surface area contributed by atoms with Gasteiger partial charge in [-0.25, -0.2) is 9.59 Å². The van der Waals surface area contributed by atoms with Gasteiger partial charge in [0.2, 0.25) is 0 Å². The third-order valence-corrected chi connectivity index (χ3v) is 4.83. The Balaban J connectivity index is 1.93. The molecule has 7 heteroatoms. The minimum absolute atomic E-state index is 0.247. The van der Waals surface area contributed by atoms with Crippen LogP contribution in [0.4, 0.5) is 4.79 Å². The Kier molecular flexibility index (Phi) is 6.90. The number of likely N-dealkylation sites (N-methyl/N-ethyl adjacent to an activating group) is 1. The Morgan fingerprint density at radius 3 is 2.45 bits per heavy atom. The normalized spacial score (nSPS) is 16.4. The Labute approximate surface area is 175 Å². The van der Waals surface area contributed by atoms with Crippen molar-refractivity contribution in [3.8, 4) is 0 Å². The first-order valence-electron chi connectivity index (χ1n) is 9.43. The number of nitrogens with one attached hydrogen (secondary N) is 2. The van der Waals surface area contributed by atoms with Gasteiger partial charge in [-0.1, -0.05) is 54.1 Å². The second kappa shape index (κ2) is 9.58. The van der Waals surface area contributed by atoms with Crippen LogP contribution in [-0.4, -0.2) is 37.1 Å². The molecule has 0 bridgehead atoms. The van der Waals surface area contributed by atoms with E-state index in [1.165, 1.54) is 0 Å². The third-order valence-electron chi connectivity index (χ3n) is 4.58. The molecular weight excluding hydrogens is 390 g/mol. The largest absolute Gasteiger partial charge is 0.463 e. The molecule has 2 aromatic rings. The summed E-state index contributed by atoms with van der Waals surface area (Å²) < 4.78 is 5.29. The summed E-state index contributed by atoms with van der Waals surface area (Å²) in [6, 6.07) is 16.1. The molecule has 0 saturated heterocycles. The molecule has 1 atom stereocenters. The van der Waals surface area contributed by atoms with Gasteiger partial charge in [0.25, 0.3) is 0 Å². The Morgan fingerprint density at radius 2 is 1.79 bits per heavy atom. The molecular formula is C22H24ClN3O3. The van der Waals surface area contributed by atoms with Crippen LogP contribution in [0.2, 0.25) is 5.02 Å². The molecule has 0 radical (unpaired) electrons. The van der Waals surface area contributed by atoms with Crippen molar-refractivity contribution in [2.24, 2.45) is 0 Å². The van der Waals surface area contributed by atoms with E-state index in [0.29, 0.717) is 29.4 Å². The molecule has 0 fully saturated rings. The number of rotatable bonds is 7. The van der Waals surface area contributed by atoms with Gasteiger partial charge in [-0.15, -0.1) is 0 Å². The van der Waals surface area contributed by atoms with Crippen molar-refractivity contribution in [2.75, 3.05) is 20.2 Å². The lowest BCUT2D eigenvalue weighted by molar-refractivity contribution is -0.139. The summed E-state index contributed by atoms with van der Waals surface area (Å²) in [7, 11) is 1.94. The van der Waals surface area contributed by atoms with Gasteiger partial charge in [-0.05, 0) is 37.2 Å². The van der Waals surface area contributed by atoms with Crippen molar-refractivity contribution in [1.82, 2.24) is 15.5 Å². The fourth-order valence-corrected chi connectivity index (χ4v) is 3.44. The summed E-state index contributed by atoms with van der Waals surface area (Å²) in [6.07, 6.45) is 0. The zero-order valence-corrected chi connectivity index (χ0v) is 17.2. The number of ether oxygens (including phenoxy) is 1. The molecule has 1 aliphatic rings. The monoisotopic (exact) mass is 413 g/mol. The van der Waals surface area contributed by atoms with Crippen molar-refractivity contribution in [3.05, 3.63) is 82.0 Å². The van der Waals surface area contributed by atoms with Crippen LogP contribution < -0.4 is 10.6 Å². The maximum atomic E-state index is 12.8. The van der Waals surface area contributed by atoms with Crippen molar-refractivity contribution < 1.29 is 14.3 Å². The van der Waals surface area contributed by atoms with Crippen LogP contribution in [0.3, 0.4) is 0 Å². The standard InChI is InChI=1S/C22H24ClN3O3/c1-3-29-21(27)19-18(14-26(2)13-15-7-5-4-6-8-15)24-22(28)25-20(19)16-9-11-17(23)12-10-16/h4-12,20H,3,13-14H2,1-2H3,(H2,24,25,28). The van der Waals surface area contributed by atoms with Crippen LogP contribution in [0.1, 0.15) is 24.1 Å². The SMILES string of the molecule is CCOC(=O)C1=C(CN(C)Cc2ccccc2)NC(=O)NC1c1ccc(Cl)cc1. The third kappa shape index (κ3) is 5.37. The minimum atomic E-state index is -0.611. The molecule has 0 aliphatic carbocycles. The van der Waals surface area contributed by atoms with Crippen LogP contribution in [0.25, 0.3) is 0 Å². The topological polar surface area (TPSA) is 70.7 Å². The lowest BCUT2D eigenvalue weighted by Gasteiger charge is -2.31. The number of carbonyl (C=O) groups is 2. The second-order valence-corrected chi connectivity index (χ2v) is 7.29. The highest BCUT2D eigenvalue weighted by atomic mass is 35.5. The summed E-state index contributed by atoms with van der Waals surface area (Å²) in [4.78, 5) is 27.2. The van der Waals surface area contributed by atoms with E-state index in [1.54, 1.807) is 31.2 Å². The molecule has 2 N–H and O–H groups in total. The summed E-state index contributed by atoms with van der Waals surface area (Å²) in [5, 5.41) is 6.20. The lowest BCUT2D eigenvalue weighted by atomic mass is 9.95. The van der Waals surface area contributed by atoms with E-state index in [1.807, 2.05) is 42.3 Å². The summed E-state index contributed by atoms with van der Waals surface area (Å²) >= 11 is 5.99. The van der Waals surface area contributed by atoms with Gasteiger partial charge in [0.05, 0.1) is 18.2 Å². The number of esters is 1. The van der Waals surface area contributed by atoms with Crippen molar-refractivity contribution in [3.63, 3.8) is 0 Å². The van der Waals surface area contributed by atoms with Gasteiger partial charge in [0, 0.05) is 23.8 Å². The number of hydrogen-bond acceptors (Lipinski definition) is 4. The first kappa shape index (κ1) is 20.9. The summed E-state index contributed by atoms with van der Waals surface area (Å²) in [5.74, 6) is -0.455. The average molecular weight is 414 g/mol. The number of hydrogen-bond donors (Lipinski definition) is 2. The van der Waals surface area contributed by atoms with Crippen LogP contribution in [0.5, 0.6) is 0 Å². The molecule has 0 spiro atoms. The predicted octanol–water partition coefficient (Wildman–Crippen LogP) is 3.64. The van der Waals surface area contributed by atoms with E-state index in [4.69, 9.17) is 16.3 Å². The van der Waals surface area contributed by atoms with Gasteiger partial charge in [0.1, 0.15) is 0 Å². The van der Waals surface area contributed by atoms with Gasteiger partial charge >= 0.3 is 12.0 Å². The zero-order valence-electron chi connectivity index (χ0n) is 16.4. The van der Waals surface area contributed by atoms with E-state index in [2.05, 4.69) is 10.6 Å². The zero-order chi connectivity index (χ0) is 20.8. The molecule has 2 amide bonds. The first-order chi connectivity index (χ1) is 14.0. The molecule has 2 aromatic carbocycles. The fraction of sp³-hybridized carbons (Fsp3) is 0.273. The molecule has 1 aliphatic heterocycles. The van der Waals surface area contributed by atoms with Crippen LogP contribution in [0, 0.1) is 0 Å². The van der Waals surface area contributed by atoms with Crippen LogP contribution in [-0.2, 0) is 16.1 Å². The van der Waals surface area contributed by atoms with E-state index in [-0.39, 0.29) is 12.6 Å². The Hall–Kier alpha value is -2.83. The molecule has 0 aromatic heterocycles. The maximum absolute atomic E-state index is 12.8. The number of benzene rings is 2. The Bertz CT molecular complexity index is 897. The molecule has 3 rings (SSSR count). The molecule has 1 unspecified atom stereocenters.